The van der Waals surface area contributed by atoms with E-state index in [1.165, 1.54) is 18.7 Å². The van der Waals surface area contributed by atoms with E-state index in [1.807, 2.05) is 0 Å². The summed E-state index contributed by atoms with van der Waals surface area (Å²) in [7, 11) is -1.76. The van der Waals surface area contributed by atoms with Crippen molar-refractivity contribution in [3.63, 3.8) is 0 Å². The molecule has 0 heterocycles. The summed E-state index contributed by atoms with van der Waals surface area (Å²) in [5, 5.41) is 0. The van der Waals surface area contributed by atoms with Gasteiger partial charge in [-0.25, -0.2) is 8.42 Å². The van der Waals surface area contributed by atoms with Crippen molar-refractivity contribution >= 4 is 15.7 Å². The highest BCUT2D eigenvalue weighted by molar-refractivity contribution is 7.92. The van der Waals surface area contributed by atoms with Gasteiger partial charge in [0.15, 0.2) is 9.84 Å². The molecule has 0 aromatic heterocycles. The molecule has 0 bridgehead atoms. The Morgan fingerprint density at radius 2 is 1.76 bits per heavy atom. The molecular formula is C11H24N2O3S. The average Bonchev–Trinajstić information content (AvgIpc) is 2.21. The fourth-order valence-electron chi connectivity index (χ4n) is 1.39. The van der Waals surface area contributed by atoms with Crippen LogP contribution in [0.15, 0.2) is 0 Å². The van der Waals surface area contributed by atoms with Gasteiger partial charge in [-0.1, -0.05) is 6.42 Å². The second-order valence-electron chi connectivity index (χ2n) is 4.86. The zero-order chi connectivity index (χ0) is 13.7. The number of hydrogen-bond donors (Lipinski definition) is 1. The van der Waals surface area contributed by atoms with Crippen LogP contribution in [0.3, 0.4) is 0 Å². The summed E-state index contributed by atoms with van der Waals surface area (Å²) in [6.07, 6.45) is 3.82. The van der Waals surface area contributed by atoms with Crippen LogP contribution in [0, 0.1) is 0 Å². The first-order valence-corrected chi connectivity index (χ1v) is 7.69. The molecule has 1 amide bonds. The largest absolute Gasteiger partial charge is 0.344 e. The number of sulfone groups is 1. The molecule has 2 N–H and O–H groups in total. The molecule has 0 radical (unpaired) electrons. The van der Waals surface area contributed by atoms with Crippen LogP contribution < -0.4 is 5.73 Å². The quantitative estimate of drug-likeness (QED) is 0.675. The van der Waals surface area contributed by atoms with E-state index >= 15 is 0 Å². The third-order valence-electron chi connectivity index (χ3n) is 2.99. The second-order valence-corrected chi connectivity index (χ2v) is 7.42. The van der Waals surface area contributed by atoms with Crippen LogP contribution >= 0.6 is 0 Å². The van der Waals surface area contributed by atoms with Crippen LogP contribution in [0.25, 0.3) is 0 Å². The van der Waals surface area contributed by atoms with Crippen LogP contribution in [-0.2, 0) is 14.6 Å². The molecule has 0 aromatic rings. The van der Waals surface area contributed by atoms with E-state index in [1.54, 1.807) is 7.05 Å². The van der Waals surface area contributed by atoms with Crippen molar-refractivity contribution in [2.24, 2.45) is 5.73 Å². The lowest BCUT2D eigenvalue weighted by Crippen LogP contribution is -2.48. The second kappa shape index (κ2) is 6.35. The van der Waals surface area contributed by atoms with Crippen LogP contribution in [0.1, 0.15) is 33.1 Å². The predicted octanol–water partition coefficient (Wildman–Crippen LogP) is 0.397. The summed E-state index contributed by atoms with van der Waals surface area (Å²) in [5.41, 5.74) is 5.37. The minimum atomic E-state index is -3.39. The Labute approximate surface area is 104 Å². The standard InChI is InChI=1S/C11H24N2O3S/c1-11(2,17(4,15)16)10(14)13(3)9-7-5-6-8-12/h5-9,12H2,1-4H3. The smallest absolute Gasteiger partial charge is 0.243 e. The van der Waals surface area contributed by atoms with Crippen LogP contribution in [0.5, 0.6) is 0 Å². The van der Waals surface area contributed by atoms with E-state index in [0.717, 1.165) is 25.5 Å². The number of nitrogens with zero attached hydrogens (tertiary/aromatic N) is 1. The lowest BCUT2D eigenvalue weighted by atomic mass is 10.1. The van der Waals surface area contributed by atoms with Crippen molar-refractivity contribution < 1.29 is 13.2 Å². The van der Waals surface area contributed by atoms with Gasteiger partial charge >= 0.3 is 0 Å². The normalized spacial score (nSPS) is 12.5. The molecule has 5 nitrogen and oxygen atoms in total. The first-order valence-electron chi connectivity index (χ1n) is 5.80. The van der Waals surface area contributed by atoms with Gasteiger partial charge in [0, 0.05) is 19.8 Å². The highest BCUT2D eigenvalue weighted by Gasteiger charge is 2.40. The highest BCUT2D eigenvalue weighted by Crippen LogP contribution is 2.18. The highest BCUT2D eigenvalue weighted by atomic mass is 32.2. The SMILES string of the molecule is CN(CCCCCN)C(=O)C(C)(C)S(C)(=O)=O. The zero-order valence-electron chi connectivity index (χ0n) is 11.2. The third-order valence-corrected chi connectivity index (χ3v) is 5.01. The van der Waals surface area contributed by atoms with Crippen molar-refractivity contribution in [2.75, 3.05) is 26.4 Å². The summed E-state index contributed by atoms with van der Waals surface area (Å²) in [4.78, 5) is 13.5. The Morgan fingerprint density at radius 1 is 1.24 bits per heavy atom. The van der Waals surface area contributed by atoms with Gasteiger partial charge in [0.1, 0.15) is 4.75 Å². The lowest BCUT2D eigenvalue weighted by molar-refractivity contribution is -0.131. The number of carbonyl (C=O) groups is 1. The van der Waals surface area contributed by atoms with Crippen molar-refractivity contribution in [3.8, 4) is 0 Å². The monoisotopic (exact) mass is 264 g/mol. The number of hydrogen-bond acceptors (Lipinski definition) is 4. The maximum absolute atomic E-state index is 12.0. The van der Waals surface area contributed by atoms with Gasteiger partial charge in [0.25, 0.3) is 0 Å². The summed E-state index contributed by atoms with van der Waals surface area (Å²) in [5.74, 6) is -0.354. The molecule has 0 rings (SSSR count). The maximum Gasteiger partial charge on any atom is 0.243 e. The average molecular weight is 264 g/mol. The molecule has 0 aromatic carbocycles. The molecule has 0 atom stereocenters. The molecule has 6 heteroatoms. The summed E-state index contributed by atoms with van der Waals surface area (Å²) >= 11 is 0. The van der Waals surface area contributed by atoms with Crippen LogP contribution in [0.2, 0.25) is 0 Å². The molecule has 17 heavy (non-hydrogen) atoms. The van der Waals surface area contributed by atoms with Crippen molar-refractivity contribution in [1.29, 1.82) is 0 Å². The molecule has 102 valence electrons. The van der Waals surface area contributed by atoms with E-state index in [4.69, 9.17) is 5.73 Å². The van der Waals surface area contributed by atoms with Crippen LogP contribution in [-0.4, -0.2) is 50.4 Å². The van der Waals surface area contributed by atoms with Gasteiger partial charge in [0.05, 0.1) is 0 Å². The topological polar surface area (TPSA) is 80.5 Å². The number of nitrogens with two attached hydrogens (primary N) is 1. The number of unbranched alkanes of at least 4 members (excludes halogenated alkanes) is 2. The van der Waals surface area contributed by atoms with Gasteiger partial charge in [-0.15, -0.1) is 0 Å². The minimum absolute atomic E-state index is 0.354. The van der Waals surface area contributed by atoms with Gasteiger partial charge in [-0.2, -0.15) is 0 Å². The van der Waals surface area contributed by atoms with E-state index in [0.29, 0.717) is 13.1 Å². The minimum Gasteiger partial charge on any atom is -0.344 e. The number of carbonyl (C=O) groups excluding carboxylic acids is 1. The Bertz CT molecular complexity index is 350. The summed E-state index contributed by atoms with van der Waals surface area (Å²) in [6, 6.07) is 0. The van der Waals surface area contributed by atoms with Gasteiger partial charge < -0.3 is 10.6 Å². The molecule has 0 saturated carbocycles. The molecule has 0 aliphatic heterocycles. The van der Waals surface area contributed by atoms with E-state index < -0.39 is 14.6 Å². The first kappa shape index (κ1) is 16.4. The maximum atomic E-state index is 12.0. The fraction of sp³-hybridized carbons (Fsp3) is 0.909. The molecule has 0 aliphatic rings. The van der Waals surface area contributed by atoms with Crippen molar-refractivity contribution in [1.82, 2.24) is 4.90 Å². The molecule has 0 spiro atoms. The van der Waals surface area contributed by atoms with E-state index in [2.05, 4.69) is 0 Å². The molecule has 0 fully saturated rings. The fourth-order valence-corrected chi connectivity index (χ4v) is 1.86. The Morgan fingerprint density at radius 3 is 2.18 bits per heavy atom. The van der Waals surface area contributed by atoms with Gasteiger partial charge in [-0.3, -0.25) is 4.79 Å². The predicted molar refractivity (Wildman–Crippen MR) is 69.5 cm³/mol. The number of rotatable bonds is 7. The summed E-state index contributed by atoms with van der Waals surface area (Å²) in [6.45, 7) is 4.10. The Kier molecular flexibility index (Phi) is 6.12. The van der Waals surface area contributed by atoms with Gasteiger partial charge in [0.2, 0.25) is 5.91 Å². The summed E-state index contributed by atoms with van der Waals surface area (Å²) < 4.78 is 21.7. The van der Waals surface area contributed by atoms with Crippen molar-refractivity contribution in [2.45, 2.75) is 37.9 Å². The number of amides is 1. The Hall–Kier alpha value is -0.620. The van der Waals surface area contributed by atoms with Crippen LogP contribution in [0.4, 0.5) is 0 Å². The Balaban J connectivity index is 4.41. The molecular weight excluding hydrogens is 240 g/mol. The molecule has 0 saturated heterocycles. The lowest BCUT2D eigenvalue weighted by Gasteiger charge is -2.27. The van der Waals surface area contributed by atoms with E-state index in [9.17, 15) is 13.2 Å². The van der Waals surface area contributed by atoms with Gasteiger partial charge in [-0.05, 0) is 33.2 Å². The first-order chi connectivity index (χ1) is 7.64. The zero-order valence-corrected chi connectivity index (χ0v) is 12.0. The molecule has 0 aliphatic carbocycles. The van der Waals surface area contributed by atoms with Crippen molar-refractivity contribution in [3.05, 3.63) is 0 Å². The molecule has 0 unspecified atom stereocenters. The van der Waals surface area contributed by atoms with E-state index in [-0.39, 0.29) is 5.91 Å². The third kappa shape index (κ3) is 4.63.